The number of hydrogen-bond donors (Lipinski definition) is 1. The van der Waals surface area contributed by atoms with Crippen molar-refractivity contribution in [1.29, 1.82) is 0 Å². The van der Waals surface area contributed by atoms with Gasteiger partial charge in [0.1, 0.15) is 28.0 Å². The number of fused-ring (bicyclic) bond motifs is 1. The Morgan fingerprint density at radius 1 is 1.09 bits per heavy atom. The Bertz CT molecular complexity index is 1400. The lowest BCUT2D eigenvalue weighted by molar-refractivity contribution is 0.485. The second kappa shape index (κ2) is 8.20. The number of thioether (sulfide) groups is 1. The van der Waals surface area contributed by atoms with Crippen LogP contribution in [0.3, 0.4) is 0 Å². The quantitative estimate of drug-likeness (QED) is 0.426. The molecular formula is C20H15FN6O3S2. The van der Waals surface area contributed by atoms with Crippen molar-refractivity contribution < 1.29 is 17.2 Å². The monoisotopic (exact) mass is 470 g/mol. The molecule has 1 N–H and O–H groups in total. The van der Waals surface area contributed by atoms with Crippen LogP contribution in [-0.2, 0) is 16.6 Å². The van der Waals surface area contributed by atoms with Crippen molar-refractivity contribution >= 4 is 33.3 Å². The van der Waals surface area contributed by atoms with E-state index in [9.17, 15) is 12.8 Å². The van der Waals surface area contributed by atoms with Gasteiger partial charge in [-0.2, -0.15) is 8.42 Å². The molecule has 0 atom stereocenters. The fourth-order valence-corrected chi connectivity index (χ4v) is 5.31. The summed E-state index contributed by atoms with van der Waals surface area (Å²) < 4.78 is 49.9. The fraction of sp³-hybridized carbons (Fsp3) is 0.100. The number of nitrogens with zero attached hydrogens (tertiary/aromatic N) is 5. The molecule has 5 rings (SSSR count). The summed E-state index contributed by atoms with van der Waals surface area (Å²) in [5.74, 6) is 0.712. The second-order valence-electron chi connectivity index (χ2n) is 6.73. The minimum absolute atomic E-state index is 0.147. The largest absolute Gasteiger partial charge is 0.467 e. The summed E-state index contributed by atoms with van der Waals surface area (Å²) in [5.41, 5.74) is 0.792. The maximum atomic E-state index is 14.0. The van der Waals surface area contributed by atoms with Crippen LogP contribution in [-0.4, -0.2) is 39.8 Å². The highest BCUT2D eigenvalue weighted by Crippen LogP contribution is 2.31. The van der Waals surface area contributed by atoms with E-state index < -0.39 is 20.7 Å². The summed E-state index contributed by atoms with van der Waals surface area (Å²) in [6, 6.07) is 13.1. The van der Waals surface area contributed by atoms with Gasteiger partial charge in [-0.05, 0) is 36.4 Å². The van der Waals surface area contributed by atoms with E-state index in [0.29, 0.717) is 29.0 Å². The van der Waals surface area contributed by atoms with Gasteiger partial charge in [0.25, 0.3) is 10.0 Å². The lowest BCUT2D eigenvalue weighted by atomic mass is 10.3. The Labute approximate surface area is 186 Å². The van der Waals surface area contributed by atoms with Gasteiger partial charge in [-0.15, -0.1) is 14.6 Å². The molecule has 0 saturated carbocycles. The van der Waals surface area contributed by atoms with Crippen LogP contribution in [0.15, 0.2) is 79.9 Å². The van der Waals surface area contributed by atoms with Crippen LogP contribution >= 0.6 is 11.8 Å². The summed E-state index contributed by atoms with van der Waals surface area (Å²) in [6.07, 6.45) is 3.24. The molecule has 0 saturated heterocycles. The van der Waals surface area contributed by atoms with Crippen molar-refractivity contribution in [2.45, 2.75) is 16.6 Å². The molecule has 9 nitrogen and oxygen atoms in total. The van der Waals surface area contributed by atoms with Crippen LogP contribution in [0.2, 0.25) is 0 Å². The predicted octanol–water partition coefficient (Wildman–Crippen LogP) is 3.43. The van der Waals surface area contributed by atoms with Crippen molar-refractivity contribution in [3.05, 3.63) is 72.6 Å². The van der Waals surface area contributed by atoms with Crippen LogP contribution in [0.1, 0.15) is 5.76 Å². The zero-order valence-corrected chi connectivity index (χ0v) is 18.0. The summed E-state index contributed by atoms with van der Waals surface area (Å²) in [6.45, 7) is 0.362. The molecule has 0 radical (unpaired) electrons. The van der Waals surface area contributed by atoms with E-state index in [4.69, 9.17) is 4.42 Å². The highest BCUT2D eigenvalue weighted by atomic mass is 32.2. The number of furan rings is 1. The minimum atomic E-state index is -4.15. The first kappa shape index (κ1) is 20.4. The second-order valence-corrected chi connectivity index (χ2v) is 9.21. The molecule has 1 aromatic carbocycles. The third-order valence-electron chi connectivity index (χ3n) is 4.58. The SMILES string of the molecule is O=S1(=O)N=C(CSc2nnc(-c3ccccn3)n2Cc2ccco2)Nc2cccc(F)c21. The molecule has 0 spiro atoms. The average molecular weight is 471 g/mol. The first-order valence-corrected chi connectivity index (χ1v) is 11.8. The molecule has 1 aliphatic heterocycles. The molecule has 162 valence electrons. The van der Waals surface area contributed by atoms with Crippen molar-refractivity contribution in [2.75, 3.05) is 11.1 Å². The van der Waals surface area contributed by atoms with Gasteiger partial charge in [0.05, 0.1) is 24.2 Å². The molecule has 0 unspecified atom stereocenters. The summed E-state index contributed by atoms with van der Waals surface area (Å²) >= 11 is 1.24. The zero-order valence-electron chi connectivity index (χ0n) is 16.3. The van der Waals surface area contributed by atoms with E-state index in [-0.39, 0.29) is 17.3 Å². The van der Waals surface area contributed by atoms with Crippen LogP contribution in [0.5, 0.6) is 0 Å². The third kappa shape index (κ3) is 3.89. The summed E-state index contributed by atoms with van der Waals surface area (Å²) in [5, 5.41) is 11.9. The van der Waals surface area contributed by atoms with Crippen LogP contribution in [0.4, 0.5) is 10.1 Å². The normalized spacial score (nSPS) is 14.5. The van der Waals surface area contributed by atoms with Gasteiger partial charge in [0.2, 0.25) is 0 Å². The molecule has 4 heterocycles. The topological polar surface area (TPSA) is 115 Å². The Hall–Kier alpha value is -3.51. The number of rotatable bonds is 6. The van der Waals surface area contributed by atoms with E-state index in [2.05, 4.69) is 24.9 Å². The third-order valence-corrected chi connectivity index (χ3v) is 6.95. The van der Waals surface area contributed by atoms with Crippen LogP contribution in [0.25, 0.3) is 11.5 Å². The van der Waals surface area contributed by atoms with Gasteiger partial charge in [-0.25, -0.2) is 4.39 Å². The van der Waals surface area contributed by atoms with E-state index >= 15 is 0 Å². The lowest BCUT2D eigenvalue weighted by Gasteiger charge is -2.18. The van der Waals surface area contributed by atoms with Crippen LogP contribution < -0.4 is 5.32 Å². The van der Waals surface area contributed by atoms with Gasteiger partial charge >= 0.3 is 0 Å². The van der Waals surface area contributed by atoms with E-state index in [1.807, 2.05) is 22.8 Å². The molecule has 0 aliphatic carbocycles. The van der Waals surface area contributed by atoms with Gasteiger partial charge in [0.15, 0.2) is 11.0 Å². The van der Waals surface area contributed by atoms with Gasteiger partial charge < -0.3 is 9.73 Å². The lowest BCUT2D eigenvalue weighted by Crippen LogP contribution is -2.24. The molecule has 0 bridgehead atoms. The minimum Gasteiger partial charge on any atom is -0.467 e. The first-order valence-electron chi connectivity index (χ1n) is 9.40. The average Bonchev–Trinajstić information content (AvgIpc) is 3.42. The number of benzene rings is 1. The number of nitrogens with one attached hydrogen (secondary N) is 1. The van der Waals surface area contributed by atoms with Crippen LogP contribution in [0, 0.1) is 5.82 Å². The highest BCUT2D eigenvalue weighted by Gasteiger charge is 2.28. The van der Waals surface area contributed by atoms with E-state index in [1.165, 1.54) is 23.9 Å². The van der Waals surface area contributed by atoms with E-state index in [0.717, 1.165) is 6.07 Å². The van der Waals surface area contributed by atoms with Crippen molar-refractivity contribution in [3.8, 4) is 11.5 Å². The maximum Gasteiger partial charge on any atom is 0.288 e. The molecule has 32 heavy (non-hydrogen) atoms. The van der Waals surface area contributed by atoms with Gasteiger partial charge in [-0.1, -0.05) is 23.9 Å². The van der Waals surface area contributed by atoms with Gasteiger partial charge in [0, 0.05) is 6.20 Å². The fourth-order valence-electron chi connectivity index (χ4n) is 3.21. The molecule has 0 fully saturated rings. The Balaban J connectivity index is 1.44. The number of hydrogen-bond acceptors (Lipinski definition) is 8. The van der Waals surface area contributed by atoms with Crippen molar-refractivity contribution in [1.82, 2.24) is 19.7 Å². The predicted molar refractivity (Wildman–Crippen MR) is 116 cm³/mol. The summed E-state index contributed by atoms with van der Waals surface area (Å²) in [7, 11) is -4.15. The standard InChI is InChI=1S/C20H15FN6O3S2/c21-14-6-3-8-15-18(14)32(28,29)26-17(23-15)12-31-20-25-24-19(16-7-1-2-9-22-16)27(20)11-13-5-4-10-30-13/h1-10H,11-12H2,(H,23,26). The molecule has 0 amide bonds. The van der Waals surface area contributed by atoms with Crippen molar-refractivity contribution in [3.63, 3.8) is 0 Å². The van der Waals surface area contributed by atoms with E-state index in [1.54, 1.807) is 24.6 Å². The van der Waals surface area contributed by atoms with Gasteiger partial charge in [-0.3, -0.25) is 9.55 Å². The first-order chi connectivity index (χ1) is 15.5. The summed E-state index contributed by atoms with van der Waals surface area (Å²) in [4.78, 5) is 3.89. The molecule has 3 aromatic heterocycles. The zero-order chi connectivity index (χ0) is 22.1. The van der Waals surface area contributed by atoms with Crippen molar-refractivity contribution in [2.24, 2.45) is 4.40 Å². The number of sulfonamides is 1. The number of pyridine rings is 1. The molecule has 12 heteroatoms. The molecular weight excluding hydrogens is 455 g/mol. The Kier molecular flexibility index (Phi) is 5.23. The smallest absolute Gasteiger partial charge is 0.288 e. The maximum absolute atomic E-state index is 14.0. The number of amidine groups is 1. The number of halogens is 1. The highest BCUT2D eigenvalue weighted by molar-refractivity contribution is 8.00. The number of anilines is 1. The molecule has 1 aliphatic rings. The Morgan fingerprint density at radius 2 is 2.00 bits per heavy atom. The number of aromatic nitrogens is 4. The molecule has 4 aromatic rings. The Morgan fingerprint density at radius 3 is 2.78 bits per heavy atom.